The normalized spacial score (nSPS) is 19.9. The molecule has 1 aliphatic rings. The van der Waals surface area contributed by atoms with Crippen LogP contribution in [0.15, 0.2) is 52.7 Å². The van der Waals surface area contributed by atoms with Gasteiger partial charge in [0.1, 0.15) is 18.6 Å². The fourth-order valence-electron chi connectivity index (χ4n) is 5.06. The van der Waals surface area contributed by atoms with Gasteiger partial charge in [-0.2, -0.15) is 0 Å². The summed E-state index contributed by atoms with van der Waals surface area (Å²) in [5, 5.41) is 35.6. The molecule has 0 saturated carbocycles. The summed E-state index contributed by atoms with van der Waals surface area (Å²) in [6.45, 7) is 5.35. The number of nitrogens with two attached hydrogens (primary N) is 1. The van der Waals surface area contributed by atoms with E-state index in [1.165, 1.54) is 30.5 Å². The maximum absolute atomic E-state index is 13.1. The Bertz CT molecular complexity index is 1430. The summed E-state index contributed by atoms with van der Waals surface area (Å²) < 4.78 is 12.6. The maximum Gasteiger partial charge on any atom is 0.488 e. The molecule has 15 nitrogen and oxygen atoms in total. The van der Waals surface area contributed by atoms with Gasteiger partial charge in [-0.1, -0.05) is 18.2 Å². The molecule has 1 saturated heterocycles. The number of nitrogens with zero attached hydrogens (tertiary/aromatic N) is 1. The Morgan fingerprint density at radius 2 is 2.05 bits per heavy atom. The fraction of sp³-hybridized carbons (Fsp3) is 0.464. The molecule has 2 heterocycles. The Balaban J connectivity index is 1.57. The topological polar surface area (TPSA) is 235 Å². The average Bonchev–Trinajstić information content (AvgIpc) is 3.34. The van der Waals surface area contributed by atoms with Crippen LogP contribution in [0.5, 0.6) is 0 Å². The number of benzene rings is 1. The zero-order valence-electron chi connectivity index (χ0n) is 24.3. The number of amides is 2. The third-order valence-corrected chi connectivity index (χ3v) is 7.17. The highest BCUT2D eigenvalue weighted by Crippen LogP contribution is 2.30. The Kier molecular flexibility index (Phi) is 12.6. The molecule has 3 unspecified atom stereocenters. The lowest BCUT2D eigenvalue weighted by Gasteiger charge is -2.26. The van der Waals surface area contributed by atoms with Gasteiger partial charge in [0.2, 0.25) is 11.8 Å². The number of aromatic amines is 1. The number of aldehydes is 1. The number of hydrogen-bond donors (Lipinski definition) is 7. The molecule has 1 aromatic carbocycles. The highest BCUT2D eigenvalue weighted by atomic mass is 16.6. The van der Waals surface area contributed by atoms with Crippen molar-refractivity contribution in [2.75, 3.05) is 12.3 Å². The second-order valence-corrected chi connectivity index (χ2v) is 10.5. The largest absolute Gasteiger partial charge is 0.488 e. The number of H-pyrrole nitrogens is 1. The number of anilines is 1. The van der Waals surface area contributed by atoms with Gasteiger partial charge in [0.05, 0.1) is 18.6 Å². The zero-order valence-corrected chi connectivity index (χ0v) is 24.3. The minimum Gasteiger partial charge on any atom is -0.423 e. The van der Waals surface area contributed by atoms with E-state index in [0.29, 0.717) is 19.1 Å². The third-order valence-electron chi connectivity index (χ3n) is 7.17. The Labute approximate surface area is 253 Å². The number of carbonyl (C=O) groups excluding carboxylic acids is 3. The van der Waals surface area contributed by atoms with Gasteiger partial charge in [-0.25, -0.2) is 4.79 Å². The standard InChI is InChI=1S/C28H38BN5O10/c1-3-14-43-27(25-20(36)15-23(44-25)34-12-10-22(38)33-28(34)40)32-21(37)9-4-6-16(2)31-26(39)17(11-13-35)24-18(29(41)42)7-5-8-19(24)30/h3,5,7-8,10,12-13,16-17,20,23,25,27,36,41-42H,1,4,6,9,11,14-15,30H2,2H3,(H,31,39)(H,32,37)(H,33,38,40)/t16?,17?,20-,23+,25-,27?/m0/s1. The number of nitrogen functional groups attached to an aromatic ring is 1. The van der Waals surface area contributed by atoms with Crippen molar-refractivity contribution in [1.82, 2.24) is 20.2 Å². The average molecular weight is 615 g/mol. The van der Waals surface area contributed by atoms with Crippen molar-refractivity contribution in [3.05, 3.63) is 69.5 Å². The van der Waals surface area contributed by atoms with Crippen molar-refractivity contribution in [2.45, 2.75) is 75.7 Å². The lowest BCUT2D eigenvalue weighted by Crippen LogP contribution is -2.49. The molecule has 0 spiro atoms. The second kappa shape index (κ2) is 16.1. The summed E-state index contributed by atoms with van der Waals surface area (Å²) in [6.07, 6.45) is -0.303. The predicted octanol–water partition coefficient (Wildman–Crippen LogP) is -1.86. The van der Waals surface area contributed by atoms with Crippen LogP contribution >= 0.6 is 0 Å². The van der Waals surface area contributed by atoms with E-state index in [0.717, 1.165) is 10.6 Å². The van der Waals surface area contributed by atoms with Crippen molar-refractivity contribution >= 4 is 36.4 Å². The number of aromatic nitrogens is 2. The third kappa shape index (κ3) is 8.97. The Morgan fingerprint density at radius 1 is 1.30 bits per heavy atom. The van der Waals surface area contributed by atoms with Crippen LogP contribution < -0.4 is 33.1 Å². The predicted molar refractivity (Wildman–Crippen MR) is 159 cm³/mol. The first kappa shape index (κ1) is 34.4. The molecule has 0 radical (unpaired) electrons. The monoisotopic (exact) mass is 615 g/mol. The van der Waals surface area contributed by atoms with Crippen LogP contribution in [0.25, 0.3) is 0 Å². The highest BCUT2D eigenvalue weighted by Gasteiger charge is 2.41. The molecular weight excluding hydrogens is 577 g/mol. The van der Waals surface area contributed by atoms with E-state index < -0.39 is 66.8 Å². The number of rotatable bonds is 16. The first-order chi connectivity index (χ1) is 21.0. The summed E-state index contributed by atoms with van der Waals surface area (Å²) in [5.74, 6) is -2.00. The number of aliphatic hydroxyl groups excluding tert-OH is 1. The zero-order chi connectivity index (χ0) is 32.4. The van der Waals surface area contributed by atoms with Crippen LogP contribution in [-0.4, -0.2) is 81.0 Å². The molecule has 6 atom stereocenters. The highest BCUT2D eigenvalue weighted by molar-refractivity contribution is 6.59. The van der Waals surface area contributed by atoms with Gasteiger partial charge in [0.15, 0.2) is 6.23 Å². The van der Waals surface area contributed by atoms with E-state index in [-0.39, 0.29) is 42.6 Å². The Morgan fingerprint density at radius 3 is 2.70 bits per heavy atom. The molecule has 238 valence electrons. The van der Waals surface area contributed by atoms with Gasteiger partial charge in [0.25, 0.3) is 5.56 Å². The quantitative estimate of drug-likeness (QED) is 0.0364. The molecule has 2 amide bonds. The van der Waals surface area contributed by atoms with Gasteiger partial charge < -0.3 is 45.8 Å². The summed E-state index contributed by atoms with van der Waals surface area (Å²) >= 11 is 0. The van der Waals surface area contributed by atoms with Crippen LogP contribution in [0.2, 0.25) is 0 Å². The first-order valence-electron chi connectivity index (χ1n) is 14.1. The lowest BCUT2D eigenvalue weighted by atomic mass is 9.72. The summed E-state index contributed by atoms with van der Waals surface area (Å²) in [7, 11) is -1.89. The van der Waals surface area contributed by atoms with Crippen LogP contribution in [0.3, 0.4) is 0 Å². The van der Waals surface area contributed by atoms with E-state index in [1.807, 2.05) is 0 Å². The maximum atomic E-state index is 13.1. The molecule has 8 N–H and O–H groups in total. The molecule has 44 heavy (non-hydrogen) atoms. The van der Waals surface area contributed by atoms with E-state index in [4.69, 9.17) is 15.2 Å². The first-order valence-corrected chi connectivity index (χ1v) is 14.1. The van der Waals surface area contributed by atoms with Crippen LogP contribution in [0, 0.1) is 0 Å². The van der Waals surface area contributed by atoms with Crippen molar-refractivity contribution in [2.24, 2.45) is 0 Å². The van der Waals surface area contributed by atoms with E-state index in [2.05, 4.69) is 22.2 Å². The molecule has 0 aliphatic carbocycles. The molecule has 16 heteroatoms. The van der Waals surface area contributed by atoms with Crippen LogP contribution in [0.4, 0.5) is 5.69 Å². The number of nitrogens with one attached hydrogen (secondary N) is 3. The summed E-state index contributed by atoms with van der Waals surface area (Å²) in [6, 6.07) is 5.16. The smallest absolute Gasteiger partial charge is 0.423 e. The molecule has 3 rings (SSSR count). The van der Waals surface area contributed by atoms with Gasteiger partial charge in [0, 0.05) is 43.3 Å². The van der Waals surface area contributed by atoms with E-state index in [9.17, 15) is 39.1 Å². The summed E-state index contributed by atoms with van der Waals surface area (Å²) in [5.41, 5.74) is 5.06. The number of carbonyl (C=O) groups is 3. The van der Waals surface area contributed by atoms with E-state index in [1.54, 1.807) is 6.92 Å². The SMILES string of the molecule is C=CCOC(NC(=O)CCCC(C)NC(=O)C(CC=O)c1c(N)cccc1B(O)O)[C@H]1O[C@@H](n2ccc(=O)[nH]c2=O)C[C@@H]1O. The molecule has 0 bridgehead atoms. The van der Waals surface area contributed by atoms with Crippen LogP contribution in [0.1, 0.15) is 56.7 Å². The second-order valence-electron chi connectivity index (χ2n) is 10.5. The number of hydrogen-bond acceptors (Lipinski definition) is 11. The lowest BCUT2D eigenvalue weighted by molar-refractivity contribution is -0.139. The fourth-order valence-corrected chi connectivity index (χ4v) is 5.06. The minimum absolute atomic E-state index is 0.0101. The van der Waals surface area contributed by atoms with Crippen LogP contribution in [-0.2, 0) is 23.9 Å². The van der Waals surface area contributed by atoms with Crippen molar-refractivity contribution in [3.63, 3.8) is 0 Å². The van der Waals surface area contributed by atoms with Gasteiger partial charge >= 0.3 is 12.8 Å². The van der Waals surface area contributed by atoms with Gasteiger partial charge in [-0.3, -0.25) is 23.9 Å². The van der Waals surface area contributed by atoms with Crippen molar-refractivity contribution in [1.29, 1.82) is 0 Å². The number of aliphatic hydroxyl groups is 1. The van der Waals surface area contributed by atoms with Crippen molar-refractivity contribution < 1.29 is 39.0 Å². The van der Waals surface area contributed by atoms with Gasteiger partial charge in [-0.15, -0.1) is 6.58 Å². The molecule has 1 aromatic heterocycles. The summed E-state index contributed by atoms with van der Waals surface area (Å²) in [4.78, 5) is 62.9. The minimum atomic E-state index is -1.89. The molecule has 1 aliphatic heterocycles. The van der Waals surface area contributed by atoms with Gasteiger partial charge in [-0.05, 0) is 36.9 Å². The van der Waals surface area contributed by atoms with E-state index >= 15 is 0 Å². The van der Waals surface area contributed by atoms with Crippen molar-refractivity contribution in [3.8, 4) is 0 Å². The Hall–Kier alpha value is -4.09. The molecule has 1 fully saturated rings. The molecular formula is C28H38BN5O10. The number of ether oxygens (including phenoxy) is 2. The molecule has 2 aromatic rings.